The number of carbonyl (C=O) groups excluding carboxylic acids is 1. The van der Waals surface area contributed by atoms with Crippen LogP contribution in [0.1, 0.15) is 18.1 Å². The van der Waals surface area contributed by atoms with E-state index < -0.39 is 0 Å². The summed E-state index contributed by atoms with van der Waals surface area (Å²) in [4.78, 5) is 13.1. The molecule has 1 heterocycles. The molecule has 2 N–H and O–H groups in total. The highest BCUT2D eigenvalue weighted by atomic mass is 16.5. The summed E-state index contributed by atoms with van der Waals surface area (Å²) >= 11 is 0. The number of ether oxygens (including phenoxy) is 3. The third-order valence-corrected chi connectivity index (χ3v) is 5.02. The number of amides is 1. The molecule has 6 heteroatoms. The van der Waals surface area contributed by atoms with Crippen LogP contribution in [0.4, 0.5) is 11.4 Å². The van der Waals surface area contributed by atoms with Crippen molar-refractivity contribution in [2.75, 3.05) is 31.5 Å². The van der Waals surface area contributed by atoms with Crippen molar-refractivity contribution >= 4 is 28.6 Å². The summed E-state index contributed by atoms with van der Waals surface area (Å²) in [6.45, 7) is 2.55. The predicted octanol–water partition coefficient (Wildman–Crippen LogP) is 5.04. The monoisotopic (exact) mass is 416 g/mol. The molecule has 0 unspecified atom stereocenters. The van der Waals surface area contributed by atoms with Crippen molar-refractivity contribution in [3.05, 3.63) is 77.9 Å². The van der Waals surface area contributed by atoms with E-state index in [1.54, 1.807) is 20.3 Å². The molecule has 4 rings (SSSR count). The molecule has 158 valence electrons. The number of hydrogen-bond acceptors (Lipinski definition) is 5. The van der Waals surface area contributed by atoms with Crippen LogP contribution in [0, 0.1) is 0 Å². The van der Waals surface area contributed by atoms with Gasteiger partial charge in [0.15, 0.2) is 11.5 Å². The van der Waals surface area contributed by atoms with Crippen LogP contribution < -0.4 is 24.8 Å². The molecule has 0 radical (unpaired) electrons. The van der Waals surface area contributed by atoms with Gasteiger partial charge in [-0.1, -0.05) is 30.3 Å². The molecule has 6 nitrogen and oxygen atoms in total. The van der Waals surface area contributed by atoms with E-state index in [0.717, 1.165) is 22.6 Å². The minimum Gasteiger partial charge on any atom is -0.494 e. The SMILES string of the molecule is CCOc1ccc(N/C(=C2\C(=O)Nc3cc(OC)c(OC)cc32)c2ccccc2)cc1. The predicted molar refractivity (Wildman–Crippen MR) is 123 cm³/mol. The van der Waals surface area contributed by atoms with Crippen molar-refractivity contribution in [1.82, 2.24) is 0 Å². The summed E-state index contributed by atoms with van der Waals surface area (Å²) in [7, 11) is 3.15. The first-order valence-electron chi connectivity index (χ1n) is 10.0. The van der Waals surface area contributed by atoms with Crippen molar-refractivity contribution < 1.29 is 19.0 Å². The summed E-state index contributed by atoms with van der Waals surface area (Å²) in [6.07, 6.45) is 0. The van der Waals surface area contributed by atoms with Gasteiger partial charge in [-0.05, 0) is 42.8 Å². The Hall–Kier alpha value is -3.93. The minimum atomic E-state index is -0.192. The molecule has 0 spiro atoms. The summed E-state index contributed by atoms with van der Waals surface area (Å²) in [6, 6.07) is 21.0. The van der Waals surface area contributed by atoms with Crippen molar-refractivity contribution in [3.8, 4) is 17.2 Å². The Morgan fingerprint density at radius 1 is 0.935 bits per heavy atom. The molecule has 0 aliphatic carbocycles. The van der Waals surface area contributed by atoms with Crippen LogP contribution in [-0.2, 0) is 4.79 Å². The fraction of sp³-hybridized carbons (Fsp3) is 0.160. The highest BCUT2D eigenvalue weighted by Crippen LogP contribution is 2.43. The number of nitrogens with one attached hydrogen (secondary N) is 2. The van der Waals surface area contributed by atoms with Crippen LogP contribution in [0.5, 0.6) is 17.2 Å². The van der Waals surface area contributed by atoms with Gasteiger partial charge in [0, 0.05) is 17.3 Å². The minimum absolute atomic E-state index is 0.192. The third kappa shape index (κ3) is 4.05. The quantitative estimate of drug-likeness (QED) is 0.529. The summed E-state index contributed by atoms with van der Waals surface area (Å²) in [5, 5.41) is 6.38. The molecule has 31 heavy (non-hydrogen) atoms. The molecule has 0 atom stereocenters. The van der Waals surface area contributed by atoms with Gasteiger partial charge in [0.25, 0.3) is 5.91 Å². The van der Waals surface area contributed by atoms with Crippen molar-refractivity contribution in [2.45, 2.75) is 6.92 Å². The Morgan fingerprint density at radius 3 is 2.26 bits per heavy atom. The maximum Gasteiger partial charge on any atom is 0.258 e. The standard InChI is InChI=1S/C25H24N2O4/c1-4-31-18-12-10-17(11-13-18)26-24(16-8-6-5-7-9-16)23-19-14-21(29-2)22(30-3)15-20(19)27-25(23)28/h5-15,26H,4H2,1-3H3,(H,27,28)/b24-23-. The van der Waals surface area contributed by atoms with E-state index in [1.807, 2.05) is 67.6 Å². The molecule has 1 aliphatic heterocycles. The van der Waals surface area contributed by atoms with E-state index in [2.05, 4.69) is 10.6 Å². The van der Waals surface area contributed by atoms with Gasteiger partial charge in [0.1, 0.15) is 5.75 Å². The Kier molecular flexibility index (Phi) is 5.80. The Labute approximate surface area is 181 Å². The lowest BCUT2D eigenvalue weighted by Gasteiger charge is -2.16. The second-order valence-corrected chi connectivity index (χ2v) is 6.91. The first-order valence-corrected chi connectivity index (χ1v) is 10.0. The van der Waals surface area contributed by atoms with Gasteiger partial charge in [-0.25, -0.2) is 0 Å². The summed E-state index contributed by atoms with van der Waals surface area (Å²) < 4.78 is 16.4. The molecule has 1 aliphatic rings. The van der Waals surface area contributed by atoms with E-state index in [4.69, 9.17) is 14.2 Å². The average Bonchev–Trinajstić information content (AvgIpc) is 3.12. The van der Waals surface area contributed by atoms with E-state index >= 15 is 0 Å². The number of methoxy groups -OCH3 is 2. The maximum atomic E-state index is 13.1. The lowest BCUT2D eigenvalue weighted by Crippen LogP contribution is -2.10. The number of carbonyl (C=O) groups is 1. The molecule has 0 aromatic heterocycles. The van der Waals surface area contributed by atoms with Crippen LogP contribution >= 0.6 is 0 Å². The van der Waals surface area contributed by atoms with Crippen LogP contribution in [0.15, 0.2) is 66.7 Å². The largest absolute Gasteiger partial charge is 0.494 e. The first kappa shape index (κ1) is 20.3. The van der Waals surface area contributed by atoms with Gasteiger partial charge in [-0.3, -0.25) is 4.79 Å². The Balaban J connectivity index is 1.85. The zero-order valence-corrected chi connectivity index (χ0v) is 17.7. The van der Waals surface area contributed by atoms with Crippen molar-refractivity contribution in [3.63, 3.8) is 0 Å². The number of benzene rings is 3. The molecular weight excluding hydrogens is 392 g/mol. The second-order valence-electron chi connectivity index (χ2n) is 6.91. The van der Waals surface area contributed by atoms with Crippen LogP contribution in [0.3, 0.4) is 0 Å². The molecular formula is C25H24N2O4. The molecule has 0 fully saturated rings. The average molecular weight is 416 g/mol. The lowest BCUT2D eigenvalue weighted by atomic mass is 9.99. The number of rotatable bonds is 7. The Bertz CT molecular complexity index is 1120. The van der Waals surface area contributed by atoms with Gasteiger partial charge in [0.2, 0.25) is 0 Å². The molecule has 1 amide bonds. The molecule has 0 bridgehead atoms. The van der Waals surface area contributed by atoms with Gasteiger partial charge in [-0.15, -0.1) is 0 Å². The lowest BCUT2D eigenvalue weighted by molar-refractivity contribution is -0.110. The molecule has 0 saturated carbocycles. The van der Waals surface area contributed by atoms with Gasteiger partial charge in [0.05, 0.1) is 37.8 Å². The normalized spacial score (nSPS) is 13.8. The van der Waals surface area contributed by atoms with Gasteiger partial charge < -0.3 is 24.8 Å². The van der Waals surface area contributed by atoms with Crippen LogP contribution in [0.25, 0.3) is 11.3 Å². The zero-order chi connectivity index (χ0) is 21.8. The highest BCUT2D eigenvalue weighted by molar-refractivity contribution is 6.37. The van der Waals surface area contributed by atoms with Gasteiger partial charge >= 0.3 is 0 Å². The fourth-order valence-electron chi connectivity index (χ4n) is 3.57. The third-order valence-electron chi connectivity index (χ3n) is 5.02. The fourth-order valence-corrected chi connectivity index (χ4v) is 3.57. The van der Waals surface area contributed by atoms with E-state index in [-0.39, 0.29) is 5.91 Å². The zero-order valence-electron chi connectivity index (χ0n) is 17.7. The second kappa shape index (κ2) is 8.83. The van der Waals surface area contributed by atoms with Crippen molar-refractivity contribution in [1.29, 1.82) is 0 Å². The molecule has 0 saturated heterocycles. The van der Waals surface area contributed by atoms with Gasteiger partial charge in [-0.2, -0.15) is 0 Å². The molecule has 3 aromatic rings. The number of fused-ring (bicyclic) bond motifs is 1. The summed E-state index contributed by atoms with van der Waals surface area (Å²) in [5.74, 6) is 1.72. The topological polar surface area (TPSA) is 68.8 Å². The van der Waals surface area contributed by atoms with E-state index in [9.17, 15) is 4.79 Å². The van der Waals surface area contributed by atoms with E-state index in [1.165, 1.54) is 0 Å². The van der Waals surface area contributed by atoms with E-state index in [0.29, 0.717) is 35.1 Å². The smallest absolute Gasteiger partial charge is 0.258 e. The maximum absolute atomic E-state index is 13.1. The number of anilines is 2. The highest BCUT2D eigenvalue weighted by Gasteiger charge is 2.30. The van der Waals surface area contributed by atoms with Crippen LogP contribution in [0.2, 0.25) is 0 Å². The first-order chi connectivity index (χ1) is 15.1. The number of hydrogen-bond donors (Lipinski definition) is 2. The van der Waals surface area contributed by atoms with Crippen LogP contribution in [-0.4, -0.2) is 26.7 Å². The van der Waals surface area contributed by atoms with Crippen molar-refractivity contribution in [2.24, 2.45) is 0 Å². The molecule has 3 aromatic carbocycles. The summed E-state index contributed by atoms with van der Waals surface area (Å²) in [5.41, 5.74) is 4.41. The Morgan fingerprint density at radius 2 is 1.61 bits per heavy atom.